The first-order valence-corrected chi connectivity index (χ1v) is 12.6. The van der Waals surface area contributed by atoms with E-state index in [1.54, 1.807) is 41.0 Å². The number of methoxy groups -OCH3 is 1. The second-order valence-corrected chi connectivity index (χ2v) is 10.8. The molecular weight excluding hydrogens is 458 g/mol. The van der Waals surface area contributed by atoms with Crippen LogP contribution >= 0.6 is 0 Å². The fourth-order valence-corrected chi connectivity index (χ4v) is 5.33. The second kappa shape index (κ2) is 10.5. The molecule has 5 rings (SSSR count). The van der Waals surface area contributed by atoms with Gasteiger partial charge >= 0.3 is 12.1 Å². The van der Waals surface area contributed by atoms with Crippen LogP contribution in [0.2, 0.25) is 0 Å². The van der Waals surface area contributed by atoms with Gasteiger partial charge in [0.25, 0.3) is 0 Å². The molecular formula is C28H37N3O5. The number of hydrogen-bond donors (Lipinski definition) is 1. The summed E-state index contributed by atoms with van der Waals surface area (Å²) < 4.78 is 17.0. The zero-order valence-electron chi connectivity index (χ0n) is 21.8. The quantitative estimate of drug-likeness (QED) is 0.442. The van der Waals surface area contributed by atoms with Gasteiger partial charge in [0.15, 0.2) is 0 Å². The third-order valence-electron chi connectivity index (χ3n) is 7.12. The first kappa shape index (κ1) is 25.9. The maximum atomic E-state index is 13.3. The van der Waals surface area contributed by atoms with E-state index in [2.05, 4.69) is 21.8 Å². The number of benzene rings is 1. The van der Waals surface area contributed by atoms with Crippen molar-refractivity contribution >= 4 is 23.0 Å². The Balaban J connectivity index is 1.65. The van der Waals surface area contributed by atoms with E-state index in [4.69, 9.17) is 14.2 Å². The maximum absolute atomic E-state index is 13.3. The number of hydrogen-bond acceptors (Lipinski definition) is 7. The van der Waals surface area contributed by atoms with Crippen molar-refractivity contribution in [1.29, 1.82) is 0 Å². The van der Waals surface area contributed by atoms with Crippen LogP contribution in [0.15, 0.2) is 43.1 Å². The summed E-state index contributed by atoms with van der Waals surface area (Å²) in [7, 11) is 1.62. The Bertz CT molecular complexity index is 1130. The number of carbonyl (C=O) groups is 2. The Kier molecular flexibility index (Phi) is 7.54. The van der Waals surface area contributed by atoms with Crippen molar-refractivity contribution in [2.45, 2.75) is 64.3 Å². The number of ether oxygens (including phenoxy) is 3. The number of carbonyl (C=O) groups excluding carboxylic acids is 2. The molecule has 194 valence electrons. The molecule has 0 radical (unpaired) electrons. The molecule has 0 saturated carbocycles. The number of nitrogens with zero attached hydrogens (tertiary/aromatic N) is 2. The molecule has 2 bridgehead atoms. The summed E-state index contributed by atoms with van der Waals surface area (Å²) in [4.78, 5) is 32.5. The van der Waals surface area contributed by atoms with Crippen LogP contribution in [0.4, 0.5) is 4.79 Å². The molecule has 3 unspecified atom stereocenters. The van der Waals surface area contributed by atoms with Gasteiger partial charge in [-0.2, -0.15) is 0 Å². The summed E-state index contributed by atoms with van der Waals surface area (Å²) in [5.41, 5.74) is 1.01. The fourth-order valence-electron chi connectivity index (χ4n) is 5.33. The van der Waals surface area contributed by atoms with Gasteiger partial charge in [-0.3, -0.25) is 9.88 Å². The number of fused-ring (bicyclic) bond motifs is 4. The molecule has 6 atom stereocenters. The van der Waals surface area contributed by atoms with Gasteiger partial charge in [-0.25, -0.2) is 9.59 Å². The lowest BCUT2D eigenvalue weighted by Gasteiger charge is -2.51. The van der Waals surface area contributed by atoms with Crippen LogP contribution in [0.25, 0.3) is 10.9 Å². The van der Waals surface area contributed by atoms with E-state index in [9.17, 15) is 9.59 Å². The third-order valence-corrected chi connectivity index (χ3v) is 7.12. The van der Waals surface area contributed by atoms with Crippen LogP contribution in [0.3, 0.4) is 0 Å². The number of aromatic nitrogens is 1. The standard InChI is InChI=1S/C28H37N3O5/c1-7-18-16-31-13-11-19(18)14-24(31)25(35-26(32)17(2)30-27(33)36-28(3,4)5)21-10-12-29-23-9-8-20(34-6)15-22(21)23/h7-10,12,15,17-19,24-25H,1,11,13-14,16H2,2-6H3,(H,30,33)/t17-,18?,19-,24?,25+/m0/s1. The van der Waals surface area contributed by atoms with Gasteiger partial charge in [0.1, 0.15) is 23.5 Å². The summed E-state index contributed by atoms with van der Waals surface area (Å²) in [5, 5.41) is 3.49. The average Bonchev–Trinajstić information content (AvgIpc) is 2.85. The highest BCUT2D eigenvalue weighted by atomic mass is 16.6. The van der Waals surface area contributed by atoms with Crippen LogP contribution in [0.1, 0.15) is 52.2 Å². The topological polar surface area (TPSA) is 90.0 Å². The highest BCUT2D eigenvalue weighted by molar-refractivity contribution is 5.85. The predicted octanol–water partition coefficient (Wildman–Crippen LogP) is 4.64. The average molecular weight is 496 g/mol. The maximum Gasteiger partial charge on any atom is 0.408 e. The zero-order chi connectivity index (χ0) is 26.0. The third kappa shape index (κ3) is 5.64. The van der Waals surface area contributed by atoms with Gasteiger partial charge in [-0.15, -0.1) is 6.58 Å². The van der Waals surface area contributed by atoms with Gasteiger partial charge in [0.2, 0.25) is 0 Å². The van der Waals surface area contributed by atoms with Crippen LogP contribution in [0.5, 0.6) is 5.75 Å². The van der Waals surface area contributed by atoms with Crippen LogP contribution in [-0.4, -0.2) is 59.8 Å². The molecule has 2 aromatic rings. The van der Waals surface area contributed by atoms with Gasteiger partial charge in [0, 0.05) is 23.7 Å². The molecule has 1 aromatic carbocycles. The Labute approximate surface area is 213 Å². The largest absolute Gasteiger partial charge is 0.497 e. The summed E-state index contributed by atoms with van der Waals surface area (Å²) in [6.07, 6.45) is 4.61. The lowest BCUT2D eigenvalue weighted by Crippen LogP contribution is -2.55. The van der Waals surface area contributed by atoms with E-state index in [0.29, 0.717) is 17.6 Å². The first-order valence-electron chi connectivity index (χ1n) is 12.6. The normalized spacial score (nSPS) is 25.0. The van der Waals surface area contributed by atoms with E-state index < -0.39 is 29.8 Å². The van der Waals surface area contributed by atoms with E-state index in [-0.39, 0.29) is 6.04 Å². The first-order chi connectivity index (χ1) is 17.1. The Morgan fingerprint density at radius 3 is 2.69 bits per heavy atom. The number of esters is 1. The van der Waals surface area contributed by atoms with Crippen molar-refractivity contribution < 1.29 is 23.8 Å². The number of piperidine rings is 3. The van der Waals surface area contributed by atoms with Crippen LogP contribution < -0.4 is 10.1 Å². The van der Waals surface area contributed by atoms with Crippen molar-refractivity contribution in [1.82, 2.24) is 15.2 Å². The zero-order valence-corrected chi connectivity index (χ0v) is 21.8. The number of pyridine rings is 1. The Morgan fingerprint density at radius 1 is 1.28 bits per heavy atom. The van der Waals surface area contributed by atoms with Gasteiger partial charge in [-0.05, 0) is 83.2 Å². The summed E-state index contributed by atoms with van der Waals surface area (Å²) >= 11 is 0. The van der Waals surface area contributed by atoms with Crippen molar-refractivity contribution in [3.8, 4) is 5.75 Å². The minimum Gasteiger partial charge on any atom is -0.497 e. The summed E-state index contributed by atoms with van der Waals surface area (Å²) in [5.74, 6) is 1.13. The van der Waals surface area contributed by atoms with Crippen molar-refractivity contribution in [3.05, 3.63) is 48.7 Å². The predicted molar refractivity (Wildman–Crippen MR) is 138 cm³/mol. The summed E-state index contributed by atoms with van der Waals surface area (Å²) in [6, 6.07) is 6.76. The lowest BCUT2D eigenvalue weighted by atomic mass is 9.73. The van der Waals surface area contributed by atoms with E-state index >= 15 is 0 Å². The number of nitrogens with one attached hydrogen (secondary N) is 1. The van der Waals surface area contributed by atoms with E-state index in [0.717, 1.165) is 42.4 Å². The minimum atomic E-state index is -0.873. The van der Waals surface area contributed by atoms with Crippen LogP contribution in [-0.2, 0) is 14.3 Å². The molecule has 3 aliphatic rings. The molecule has 36 heavy (non-hydrogen) atoms. The number of rotatable bonds is 7. The van der Waals surface area contributed by atoms with Crippen molar-refractivity contribution in [2.75, 3.05) is 20.2 Å². The molecule has 8 heteroatoms. The molecule has 1 N–H and O–H groups in total. The van der Waals surface area contributed by atoms with Crippen molar-refractivity contribution in [3.63, 3.8) is 0 Å². The second-order valence-electron chi connectivity index (χ2n) is 10.8. The SMILES string of the molecule is C=CC1CN2CC[C@H]1CC2[C@H](OC(=O)[C@H](C)NC(=O)OC(C)(C)C)c1ccnc2ccc(OC)cc12. The molecule has 8 nitrogen and oxygen atoms in total. The monoisotopic (exact) mass is 495 g/mol. The lowest BCUT2D eigenvalue weighted by molar-refractivity contribution is -0.159. The number of alkyl carbamates (subject to hydrolysis) is 1. The molecule has 3 aliphatic heterocycles. The molecule has 3 fully saturated rings. The minimum absolute atomic E-state index is 0.00873. The van der Waals surface area contributed by atoms with Crippen molar-refractivity contribution in [2.24, 2.45) is 11.8 Å². The van der Waals surface area contributed by atoms with Gasteiger partial charge in [-0.1, -0.05) is 6.08 Å². The molecule has 1 aromatic heterocycles. The van der Waals surface area contributed by atoms with Crippen LogP contribution in [0, 0.1) is 11.8 Å². The molecule has 0 spiro atoms. The Morgan fingerprint density at radius 2 is 2.06 bits per heavy atom. The van der Waals surface area contributed by atoms with Gasteiger partial charge in [0.05, 0.1) is 18.7 Å². The molecule has 3 saturated heterocycles. The molecule has 4 heterocycles. The highest BCUT2D eigenvalue weighted by Gasteiger charge is 2.44. The number of amides is 1. The highest BCUT2D eigenvalue weighted by Crippen LogP contribution is 2.43. The summed E-state index contributed by atoms with van der Waals surface area (Å²) in [6.45, 7) is 12.8. The van der Waals surface area contributed by atoms with Gasteiger partial charge < -0.3 is 19.5 Å². The van der Waals surface area contributed by atoms with E-state index in [1.165, 1.54) is 0 Å². The molecule has 1 amide bonds. The molecule has 0 aliphatic carbocycles. The fraction of sp³-hybridized carbons (Fsp3) is 0.536. The smallest absolute Gasteiger partial charge is 0.408 e. The van der Waals surface area contributed by atoms with E-state index in [1.807, 2.05) is 30.3 Å². The Hall–Kier alpha value is -3.13.